The van der Waals surface area contributed by atoms with Crippen LogP contribution in [0.3, 0.4) is 0 Å². The van der Waals surface area contributed by atoms with Crippen molar-refractivity contribution < 1.29 is 14.9 Å². The van der Waals surface area contributed by atoms with Crippen LogP contribution in [0.2, 0.25) is 0 Å². The van der Waals surface area contributed by atoms with Gasteiger partial charge < -0.3 is 5.21 Å². The molecule has 0 aromatic carbocycles. The van der Waals surface area contributed by atoms with E-state index in [4.69, 9.17) is 0 Å². The molecule has 2 aliphatic rings. The Hall–Kier alpha value is -1.79. The first kappa shape index (κ1) is 9.75. The largest absolute Gasteiger partial charge is 0.313 e. The number of fused-ring (bicyclic) bond motifs is 1. The van der Waals surface area contributed by atoms with E-state index in [9.17, 15) is 20.1 Å². The summed E-state index contributed by atoms with van der Waals surface area (Å²) in [4.78, 5) is 21.5. The second-order valence-corrected chi connectivity index (χ2v) is 3.26. The van der Waals surface area contributed by atoms with Crippen molar-refractivity contribution in [1.29, 1.82) is 0 Å². The lowest BCUT2D eigenvalue weighted by molar-refractivity contribution is -0.420. The Morgan fingerprint density at radius 3 is 2.87 bits per heavy atom. The van der Waals surface area contributed by atoms with Crippen molar-refractivity contribution in [2.24, 2.45) is 0 Å². The molecule has 78 valence electrons. The zero-order chi connectivity index (χ0) is 11.0. The molecule has 1 unspecified atom stereocenters. The summed E-state index contributed by atoms with van der Waals surface area (Å²) in [5.74, 6) is -0.345. The Morgan fingerprint density at radius 1 is 1.47 bits per heavy atom. The van der Waals surface area contributed by atoms with Gasteiger partial charge in [-0.05, 0) is 6.08 Å². The fourth-order valence-electron chi connectivity index (χ4n) is 1.69. The maximum atomic E-state index is 11.4. The lowest BCUT2D eigenvalue weighted by Gasteiger charge is -2.28. The lowest BCUT2D eigenvalue weighted by atomic mass is 9.92. The molecule has 1 N–H and O–H groups in total. The second kappa shape index (κ2) is 3.41. The molecular weight excluding hydrogens is 200 g/mol. The highest BCUT2D eigenvalue weighted by atomic mass is 16.6. The number of allylic oxidation sites excluding steroid dienone is 1. The first-order valence-corrected chi connectivity index (χ1v) is 4.34. The molecular formula is C9H8N2O4. The Labute approximate surface area is 84.9 Å². The smallest absolute Gasteiger partial charge is 0.274 e. The van der Waals surface area contributed by atoms with Gasteiger partial charge in [0.2, 0.25) is 0 Å². The molecule has 0 amide bonds. The fourth-order valence-corrected chi connectivity index (χ4v) is 1.69. The molecule has 0 saturated carbocycles. The quantitative estimate of drug-likeness (QED) is 0.494. The molecule has 1 atom stereocenters. The van der Waals surface area contributed by atoms with Crippen molar-refractivity contribution in [3.63, 3.8) is 0 Å². The summed E-state index contributed by atoms with van der Waals surface area (Å²) in [7, 11) is 0. The zero-order valence-electron chi connectivity index (χ0n) is 7.66. The number of carbonyl (C=O) groups excluding carboxylic acids is 1. The third-order valence-corrected chi connectivity index (χ3v) is 2.35. The predicted molar refractivity (Wildman–Crippen MR) is 49.6 cm³/mol. The van der Waals surface area contributed by atoms with Crippen LogP contribution >= 0.6 is 0 Å². The van der Waals surface area contributed by atoms with Crippen molar-refractivity contribution >= 4 is 5.78 Å². The minimum absolute atomic E-state index is 0.144. The topological polar surface area (TPSA) is 83.7 Å². The number of nitro groups is 1. The third kappa shape index (κ3) is 1.49. The highest BCUT2D eigenvalue weighted by molar-refractivity contribution is 5.99. The Bertz CT molecular complexity index is 422. The molecule has 1 aliphatic carbocycles. The average molecular weight is 208 g/mol. The van der Waals surface area contributed by atoms with E-state index in [1.54, 1.807) is 6.08 Å². The van der Waals surface area contributed by atoms with Crippen LogP contribution < -0.4 is 0 Å². The van der Waals surface area contributed by atoms with Crippen LogP contribution in [0.1, 0.15) is 0 Å². The van der Waals surface area contributed by atoms with Gasteiger partial charge >= 0.3 is 0 Å². The summed E-state index contributed by atoms with van der Waals surface area (Å²) >= 11 is 0. The van der Waals surface area contributed by atoms with Crippen molar-refractivity contribution in [1.82, 2.24) is 5.06 Å². The normalized spacial score (nSPS) is 25.7. The molecule has 0 bridgehead atoms. The molecule has 0 aromatic rings. The van der Waals surface area contributed by atoms with Crippen molar-refractivity contribution in [2.45, 2.75) is 6.04 Å². The SMILES string of the molecule is O=C1C=CC([N+](=O)[O-])=C2C=CCN(O)C12. The number of hydrogen-bond donors (Lipinski definition) is 1. The van der Waals surface area contributed by atoms with Crippen LogP contribution in [-0.4, -0.2) is 33.6 Å². The van der Waals surface area contributed by atoms with E-state index in [1.165, 1.54) is 6.08 Å². The Morgan fingerprint density at radius 2 is 2.20 bits per heavy atom. The highest BCUT2D eigenvalue weighted by Gasteiger charge is 2.36. The van der Waals surface area contributed by atoms with Gasteiger partial charge in [0, 0.05) is 12.6 Å². The van der Waals surface area contributed by atoms with Crippen LogP contribution in [0.15, 0.2) is 35.6 Å². The van der Waals surface area contributed by atoms with Gasteiger partial charge in [0.25, 0.3) is 5.70 Å². The van der Waals surface area contributed by atoms with E-state index < -0.39 is 11.0 Å². The number of carbonyl (C=O) groups is 1. The van der Waals surface area contributed by atoms with E-state index >= 15 is 0 Å². The molecule has 6 heteroatoms. The van der Waals surface area contributed by atoms with Gasteiger partial charge in [-0.2, -0.15) is 5.06 Å². The lowest BCUT2D eigenvalue weighted by Crippen LogP contribution is -2.43. The van der Waals surface area contributed by atoms with Gasteiger partial charge in [-0.25, -0.2) is 0 Å². The first-order chi connectivity index (χ1) is 7.11. The average Bonchev–Trinajstić information content (AvgIpc) is 2.17. The van der Waals surface area contributed by atoms with Crippen LogP contribution in [-0.2, 0) is 4.79 Å². The van der Waals surface area contributed by atoms with Gasteiger partial charge in [-0.3, -0.25) is 14.9 Å². The van der Waals surface area contributed by atoms with Crippen molar-refractivity contribution in [2.75, 3.05) is 6.54 Å². The second-order valence-electron chi connectivity index (χ2n) is 3.26. The maximum Gasteiger partial charge on any atom is 0.274 e. The van der Waals surface area contributed by atoms with Crippen LogP contribution in [0.25, 0.3) is 0 Å². The van der Waals surface area contributed by atoms with Gasteiger partial charge in [0.1, 0.15) is 6.04 Å². The maximum absolute atomic E-state index is 11.4. The minimum Gasteiger partial charge on any atom is -0.313 e. The molecule has 15 heavy (non-hydrogen) atoms. The van der Waals surface area contributed by atoms with Gasteiger partial charge in [0.05, 0.1) is 10.5 Å². The standard InChI is InChI=1S/C9H8N2O4/c12-8-4-3-7(11(14)15)6-2-1-5-10(13)9(6)8/h1-4,9,13H,5H2. The number of ketones is 1. The number of rotatable bonds is 1. The molecule has 0 aromatic heterocycles. The monoisotopic (exact) mass is 208 g/mol. The van der Waals surface area contributed by atoms with Gasteiger partial charge in [0.15, 0.2) is 5.78 Å². The Balaban J connectivity index is 2.54. The van der Waals surface area contributed by atoms with Crippen LogP contribution in [0, 0.1) is 10.1 Å². The number of hydrogen-bond acceptors (Lipinski definition) is 5. The molecule has 0 saturated heterocycles. The van der Waals surface area contributed by atoms with Gasteiger partial charge in [-0.15, -0.1) is 0 Å². The summed E-state index contributed by atoms with van der Waals surface area (Å²) in [6.45, 7) is 0.193. The fraction of sp³-hybridized carbons (Fsp3) is 0.222. The molecule has 1 aliphatic heterocycles. The van der Waals surface area contributed by atoms with E-state index in [1.807, 2.05) is 0 Å². The summed E-state index contributed by atoms with van der Waals surface area (Å²) in [6.07, 6.45) is 5.37. The molecule has 0 spiro atoms. The van der Waals surface area contributed by atoms with E-state index in [0.29, 0.717) is 0 Å². The molecule has 6 nitrogen and oxygen atoms in total. The first-order valence-electron chi connectivity index (χ1n) is 4.34. The Kier molecular flexibility index (Phi) is 2.22. The van der Waals surface area contributed by atoms with E-state index in [0.717, 1.165) is 17.2 Å². The van der Waals surface area contributed by atoms with Gasteiger partial charge in [-0.1, -0.05) is 12.2 Å². The number of nitrogens with zero attached hydrogens (tertiary/aromatic N) is 2. The third-order valence-electron chi connectivity index (χ3n) is 2.35. The van der Waals surface area contributed by atoms with Crippen molar-refractivity contribution in [3.8, 4) is 0 Å². The van der Waals surface area contributed by atoms with Crippen LogP contribution in [0.4, 0.5) is 0 Å². The molecule has 1 heterocycles. The summed E-state index contributed by atoms with van der Waals surface area (Å²) in [5, 5.41) is 20.9. The van der Waals surface area contributed by atoms with E-state index in [2.05, 4.69) is 0 Å². The summed E-state index contributed by atoms with van der Waals surface area (Å²) in [6, 6.07) is -0.930. The molecule has 2 rings (SSSR count). The summed E-state index contributed by atoms with van der Waals surface area (Å²) in [5.41, 5.74) is 0.0934. The predicted octanol–water partition coefficient (Wildman–Crippen LogP) is 0.286. The summed E-state index contributed by atoms with van der Waals surface area (Å²) < 4.78 is 0. The van der Waals surface area contributed by atoms with Crippen molar-refractivity contribution in [3.05, 3.63) is 45.7 Å². The zero-order valence-corrected chi connectivity index (χ0v) is 7.66. The molecule has 0 fully saturated rings. The minimum atomic E-state index is -0.930. The van der Waals surface area contributed by atoms with E-state index in [-0.39, 0.29) is 23.6 Å². The number of hydroxylamine groups is 2. The highest BCUT2D eigenvalue weighted by Crippen LogP contribution is 2.25. The molecule has 0 radical (unpaired) electrons. The van der Waals surface area contributed by atoms with Crippen LogP contribution in [0.5, 0.6) is 0 Å².